The van der Waals surface area contributed by atoms with Crippen molar-refractivity contribution in [2.24, 2.45) is 0 Å². The summed E-state index contributed by atoms with van der Waals surface area (Å²) in [6, 6.07) is 13.1. The number of hydrogen-bond acceptors (Lipinski definition) is 4. The molecular formula is C22H20FNO3. The molecule has 4 nitrogen and oxygen atoms in total. The molecule has 2 heterocycles. The number of hydrogen-bond donors (Lipinski definition) is 0. The van der Waals surface area contributed by atoms with Gasteiger partial charge < -0.3 is 9.32 Å². The van der Waals surface area contributed by atoms with Crippen LogP contribution in [0.2, 0.25) is 0 Å². The van der Waals surface area contributed by atoms with Gasteiger partial charge in [0.1, 0.15) is 11.4 Å². The third-order valence-corrected chi connectivity index (χ3v) is 5.23. The van der Waals surface area contributed by atoms with Gasteiger partial charge in [-0.1, -0.05) is 12.1 Å². The van der Waals surface area contributed by atoms with Crippen LogP contribution >= 0.6 is 0 Å². The van der Waals surface area contributed by atoms with E-state index >= 15 is 0 Å². The van der Waals surface area contributed by atoms with Gasteiger partial charge in [-0.25, -0.2) is 4.39 Å². The van der Waals surface area contributed by atoms with Gasteiger partial charge in [0, 0.05) is 31.1 Å². The van der Waals surface area contributed by atoms with Crippen LogP contribution in [0, 0.1) is 5.82 Å². The van der Waals surface area contributed by atoms with Crippen molar-refractivity contribution >= 4 is 16.8 Å². The highest BCUT2D eigenvalue weighted by Crippen LogP contribution is 2.27. The van der Waals surface area contributed by atoms with E-state index in [1.54, 1.807) is 30.3 Å². The average molecular weight is 365 g/mol. The van der Waals surface area contributed by atoms with Crippen molar-refractivity contribution in [1.29, 1.82) is 0 Å². The lowest BCUT2D eigenvalue weighted by Crippen LogP contribution is -2.23. The third kappa shape index (κ3) is 3.83. The number of nitrogens with zero attached hydrogens (tertiary/aromatic N) is 1. The molecule has 1 aromatic heterocycles. The van der Waals surface area contributed by atoms with Gasteiger partial charge in [-0.15, -0.1) is 0 Å². The molecule has 1 unspecified atom stereocenters. The van der Waals surface area contributed by atoms with E-state index in [1.165, 1.54) is 18.4 Å². The second-order valence-electron chi connectivity index (χ2n) is 7.01. The van der Waals surface area contributed by atoms with Crippen LogP contribution in [-0.2, 0) is 0 Å². The van der Waals surface area contributed by atoms with Crippen LogP contribution in [-0.4, -0.2) is 30.3 Å². The Bertz CT molecular complexity index is 1040. The lowest BCUT2D eigenvalue weighted by molar-refractivity contribution is 0.0969. The molecular weight excluding hydrogens is 345 g/mol. The van der Waals surface area contributed by atoms with Gasteiger partial charge in [0.25, 0.3) is 0 Å². The van der Waals surface area contributed by atoms with Gasteiger partial charge in [-0.3, -0.25) is 9.59 Å². The Kier molecular flexibility index (Phi) is 4.86. The van der Waals surface area contributed by atoms with Gasteiger partial charge in [0.05, 0.1) is 11.6 Å². The van der Waals surface area contributed by atoms with Crippen LogP contribution in [0.15, 0.2) is 64.0 Å². The number of halogens is 1. The zero-order valence-corrected chi connectivity index (χ0v) is 14.9. The topological polar surface area (TPSA) is 50.5 Å². The summed E-state index contributed by atoms with van der Waals surface area (Å²) in [5.41, 5.74) is 1.88. The Morgan fingerprint density at radius 2 is 2.07 bits per heavy atom. The number of likely N-dealkylation sites (tertiary alicyclic amines) is 1. The summed E-state index contributed by atoms with van der Waals surface area (Å²) in [7, 11) is 0. The predicted octanol–water partition coefficient (Wildman–Crippen LogP) is 3.99. The minimum atomic E-state index is -0.207. The van der Waals surface area contributed by atoms with Crippen LogP contribution in [0.5, 0.6) is 0 Å². The van der Waals surface area contributed by atoms with E-state index in [2.05, 4.69) is 4.90 Å². The summed E-state index contributed by atoms with van der Waals surface area (Å²) >= 11 is 0. The van der Waals surface area contributed by atoms with Crippen LogP contribution in [0.4, 0.5) is 4.39 Å². The summed E-state index contributed by atoms with van der Waals surface area (Å²) in [4.78, 5) is 26.7. The Labute approximate surface area is 156 Å². The van der Waals surface area contributed by atoms with E-state index in [-0.39, 0.29) is 17.0 Å². The first kappa shape index (κ1) is 17.6. The minimum absolute atomic E-state index is 0.00867. The first-order chi connectivity index (χ1) is 13.1. The molecule has 0 aliphatic carbocycles. The number of fused-ring (bicyclic) bond motifs is 1. The van der Waals surface area contributed by atoms with E-state index < -0.39 is 0 Å². The molecule has 0 amide bonds. The Balaban J connectivity index is 1.38. The summed E-state index contributed by atoms with van der Waals surface area (Å²) in [5, 5.41) is 0.427. The first-order valence-electron chi connectivity index (χ1n) is 9.13. The highest BCUT2D eigenvalue weighted by molar-refractivity contribution is 5.99. The second-order valence-corrected chi connectivity index (χ2v) is 7.01. The number of benzene rings is 2. The van der Waals surface area contributed by atoms with E-state index in [4.69, 9.17) is 4.42 Å². The van der Waals surface area contributed by atoms with E-state index in [0.717, 1.165) is 25.1 Å². The molecule has 5 heteroatoms. The van der Waals surface area contributed by atoms with Crippen molar-refractivity contribution in [3.05, 3.63) is 82.0 Å². The summed E-state index contributed by atoms with van der Waals surface area (Å²) in [6.07, 6.45) is 2.71. The monoisotopic (exact) mass is 365 g/mol. The molecule has 3 aromatic rings. The summed E-state index contributed by atoms with van der Waals surface area (Å²) in [6.45, 7) is 2.39. The maximum atomic E-state index is 13.4. The standard InChI is InChI=1S/C22H20FNO3/c23-18-3-1-2-15(12-18)17-6-9-24(14-17)10-7-20(25)16-4-5-22-19(13-16)21(26)8-11-27-22/h1-5,8,11-13,17H,6-7,9-10,14H2. The molecule has 4 rings (SSSR count). The number of rotatable bonds is 5. The molecule has 1 aliphatic rings. The number of Topliss-reactive ketones (excluding diaryl/α,β-unsaturated/α-hetero) is 1. The molecule has 138 valence electrons. The normalized spacial score (nSPS) is 17.4. The third-order valence-electron chi connectivity index (χ3n) is 5.23. The van der Waals surface area contributed by atoms with Crippen LogP contribution < -0.4 is 5.43 Å². The minimum Gasteiger partial charge on any atom is -0.464 e. The zero-order valence-electron chi connectivity index (χ0n) is 14.9. The van der Waals surface area contributed by atoms with Crippen LogP contribution in [0.25, 0.3) is 11.0 Å². The molecule has 2 aromatic carbocycles. The van der Waals surface area contributed by atoms with Crippen molar-refractivity contribution in [3.8, 4) is 0 Å². The van der Waals surface area contributed by atoms with Crippen molar-refractivity contribution in [3.63, 3.8) is 0 Å². The number of ketones is 1. The van der Waals surface area contributed by atoms with Crippen molar-refractivity contribution < 1.29 is 13.6 Å². The molecule has 0 N–H and O–H groups in total. The fourth-order valence-corrected chi connectivity index (χ4v) is 3.73. The zero-order chi connectivity index (χ0) is 18.8. The predicted molar refractivity (Wildman–Crippen MR) is 102 cm³/mol. The van der Waals surface area contributed by atoms with Gasteiger partial charge in [-0.2, -0.15) is 0 Å². The Morgan fingerprint density at radius 1 is 1.19 bits per heavy atom. The molecule has 0 bridgehead atoms. The number of carbonyl (C=O) groups excluding carboxylic acids is 1. The molecule has 1 saturated heterocycles. The van der Waals surface area contributed by atoms with E-state index in [9.17, 15) is 14.0 Å². The molecule has 1 aliphatic heterocycles. The maximum absolute atomic E-state index is 13.4. The molecule has 0 saturated carbocycles. The Morgan fingerprint density at radius 3 is 2.93 bits per heavy atom. The molecule has 27 heavy (non-hydrogen) atoms. The van der Waals surface area contributed by atoms with Gasteiger partial charge in [0.2, 0.25) is 0 Å². The molecule has 0 radical (unpaired) electrons. The van der Waals surface area contributed by atoms with Gasteiger partial charge >= 0.3 is 0 Å². The van der Waals surface area contributed by atoms with Crippen molar-refractivity contribution in [2.45, 2.75) is 18.8 Å². The van der Waals surface area contributed by atoms with Crippen molar-refractivity contribution in [2.75, 3.05) is 19.6 Å². The summed E-state index contributed by atoms with van der Waals surface area (Å²) in [5.74, 6) is 0.109. The quantitative estimate of drug-likeness (QED) is 0.642. The first-order valence-corrected chi connectivity index (χ1v) is 9.13. The molecule has 1 atom stereocenters. The average Bonchev–Trinajstić information content (AvgIpc) is 3.15. The summed E-state index contributed by atoms with van der Waals surface area (Å²) < 4.78 is 18.7. The van der Waals surface area contributed by atoms with Crippen LogP contribution in [0.1, 0.15) is 34.7 Å². The fourth-order valence-electron chi connectivity index (χ4n) is 3.73. The highest BCUT2D eigenvalue weighted by Gasteiger charge is 2.24. The van der Waals surface area contributed by atoms with Crippen molar-refractivity contribution in [1.82, 2.24) is 4.90 Å². The molecule has 0 spiro atoms. The van der Waals surface area contributed by atoms with Gasteiger partial charge in [0.15, 0.2) is 11.2 Å². The lowest BCUT2D eigenvalue weighted by atomic mass is 9.98. The lowest BCUT2D eigenvalue weighted by Gasteiger charge is -2.16. The smallest absolute Gasteiger partial charge is 0.192 e. The fraction of sp³-hybridized carbons (Fsp3) is 0.273. The highest BCUT2D eigenvalue weighted by atomic mass is 19.1. The van der Waals surface area contributed by atoms with E-state index in [1.807, 2.05) is 6.07 Å². The number of carbonyl (C=O) groups is 1. The largest absolute Gasteiger partial charge is 0.464 e. The van der Waals surface area contributed by atoms with Gasteiger partial charge in [-0.05, 0) is 54.8 Å². The molecule has 1 fully saturated rings. The van der Waals surface area contributed by atoms with E-state index in [0.29, 0.717) is 35.4 Å². The Hall–Kier alpha value is -2.79. The van der Waals surface area contributed by atoms with Crippen LogP contribution in [0.3, 0.4) is 0 Å². The second kappa shape index (κ2) is 7.45. The maximum Gasteiger partial charge on any atom is 0.192 e. The SMILES string of the molecule is O=C(CCN1CCC(c2cccc(F)c2)C1)c1ccc2occc(=O)c2c1.